The van der Waals surface area contributed by atoms with Crippen molar-refractivity contribution in [3.63, 3.8) is 0 Å². The van der Waals surface area contributed by atoms with Crippen molar-refractivity contribution in [2.24, 2.45) is 0 Å². The molecule has 0 saturated heterocycles. The summed E-state index contributed by atoms with van der Waals surface area (Å²) in [5.41, 5.74) is 0.959. The topological polar surface area (TPSA) is 64.0 Å². The first-order chi connectivity index (χ1) is 14.4. The molecule has 8 heteroatoms. The number of nitrogens with zero attached hydrogens (tertiary/aromatic N) is 2. The number of fused-ring (bicyclic) bond motifs is 3. The number of thiophene rings is 1. The summed E-state index contributed by atoms with van der Waals surface area (Å²) in [5.74, 6) is -0.638. The van der Waals surface area contributed by atoms with Crippen LogP contribution in [0, 0.1) is 5.82 Å². The Morgan fingerprint density at radius 3 is 2.70 bits per heavy atom. The van der Waals surface area contributed by atoms with Gasteiger partial charge in [-0.3, -0.25) is 14.2 Å². The van der Waals surface area contributed by atoms with Gasteiger partial charge >= 0.3 is 0 Å². The summed E-state index contributed by atoms with van der Waals surface area (Å²) in [5, 5.41) is 3.33. The molecule has 4 rings (SSSR count). The third-order valence-corrected chi connectivity index (χ3v) is 7.37. The second kappa shape index (κ2) is 8.51. The van der Waals surface area contributed by atoms with Gasteiger partial charge in [-0.25, -0.2) is 9.37 Å². The number of aryl methyl sites for hydroxylation is 2. The molecule has 30 heavy (non-hydrogen) atoms. The van der Waals surface area contributed by atoms with E-state index in [4.69, 9.17) is 4.98 Å². The van der Waals surface area contributed by atoms with Crippen molar-refractivity contribution in [2.45, 2.75) is 62.9 Å². The van der Waals surface area contributed by atoms with Crippen LogP contribution in [0.3, 0.4) is 0 Å². The van der Waals surface area contributed by atoms with Gasteiger partial charge in [0.1, 0.15) is 10.6 Å². The molecule has 5 nitrogen and oxygen atoms in total. The van der Waals surface area contributed by atoms with Crippen molar-refractivity contribution in [1.82, 2.24) is 14.9 Å². The molecule has 0 bridgehead atoms. The Morgan fingerprint density at radius 1 is 1.23 bits per heavy atom. The van der Waals surface area contributed by atoms with Gasteiger partial charge in [-0.15, -0.1) is 11.3 Å². The van der Waals surface area contributed by atoms with Crippen LogP contribution < -0.4 is 10.9 Å². The third kappa shape index (κ3) is 3.90. The molecule has 158 valence electrons. The Labute approximate surface area is 182 Å². The van der Waals surface area contributed by atoms with Gasteiger partial charge < -0.3 is 5.32 Å². The Balaban J connectivity index is 1.90. The van der Waals surface area contributed by atoms with Crippen molar-refractivity contribution in [3.05, 3.63) is 50.9 Å². The summed E-state index contributed by atoms with van der Waals surface area (Å²) in [6.45, 7) is 5.56. The molecule has 1 aromatic carbocycles. The lowest BCUT2D eigenvalue weighted by molar-refractivity contribution is -0.120. The lowest BCUT2D eigenvalue weighted by Gasteiger charge is -2.17. The average molecular weight is 446 g/mol. The van der Waals surface area contributed by atoms with Crippen molar-refractivity contribution in [1.29, 1.82) is 0 Å². The standard InChI is InChI=1S/C22H24FN3O2S2/c1-12(2)24-19(27)13(3)29-22-25-20-18(14-8-4-7-11-17(14)30-20)21(28)26(22)16-10-6-5-9-15(16)23/h5-6,9-10,12-13H,4,7-8,11H2,1-3H3,(H,24,27). The van der Waals surface area contributed by atoms with Gasteiger partial charge in [0.05, 0.1) is 16.3 Å². The number of halogens is 1. The fourth-order valence-electron chi connectivity index (χ4n) is 3.72. The van der Waals surface area contributed by atoms with Crippen molar-refractivity contribution in [2.75, 3.05) is 0 Å². The van der Waals surface area contributed by atoms with Crippen LogP contribution in [0.1, 0.15) is 44.1 Å². The first-order valence-corrected chi connectivity index (χ1v) is 11.9. The van der Waals surface area contributed by atoms with E-state index in [1.165, 1.54) is 27.3 Å². The number of carbonyl (C=O) groups excluding carboxylic acids is 1. The molecule has 1 unspecified atom stereocenters. The highest BCUT2D eigenvalue weighted by Crippen LogP contribution is 2.36. The van der Waals surface area contributed by atoms with E-state index in [1.807, 2.05) is 13.8 Å². The molecule has 1 amide bonds. The number of hydrogen-bond acceptors (Lipinski definition) is 5. The van der Waals surface area contributed by atoms with Gasteiger partial charge in [0.2, 0.25) is 5.91 Å². The summed E-state index contributed by atoms with van der Waals surface area (Å²) in [6.07, 6.45) is 3.95. The van der Waals surface area contributed by atoms with E-state index in [1.54, 1.807) is 36.5 Å². The second-order valence-corrected chi connectivity index (χ2v) is 10.2. The maximum Gasteiger partial charge on any atom is 0.267 e. The van der Waals surface area contributed by atoms with Gasteiger partial charge in [-0.1, -0.05) is 23.9 Å². The van der Waals surface area contributed by atoms with Gasteiger partial charge in [0.25, 0.3) is 5.56 Å². The van der Waals surface area contributed by atoms with Crippen LogP contribution in [-0.2, 0) is 17.6 Å². The summed E-state index contributed by atoms with van der Waals surface area (Å²) in [7, 11) is 0. The molecule has 0 saturated carbocycles. The Bertz CT molecular complexity index is 1170. The molecule has 0 aliphatic heterocycles. The normalized spacial score (nSPS) is 14.7. The lowest BCUT2D eigenvalue weighted by atomic mass is 9.97. The maximum atomic E-state index is 14.7. The first-order valence-electron chi connectivity index (χ1n) is 10.2. The van der Waals surface area contributed by atoms with Crippen LogP contribution in [0.5, 0.6) is 0 Å². The number of rotatable bonds is 5. The number of carbonyl (C=O) groups is 1. The minimum atomic E-state index is -0.494. The Hall–Kier alpha value is -2.19. The van der Waals surface area contributed by atoms with E-state index < -0.39 is 11.1 Å². The quantitative estimate of drug-likeness (QED) is 0.465. The molecule has 1 atom stereocenters. The molecule has 0 radical (unpaired) electrons. The maximum absolute atomic E-state index is 14.7. The SMILES string of the molecule is CC(C)NC(=O)C(C)Sc1nc2sc3c(c2c(=O)n1-c1ccccc1F)CCCC3. The fraction of sp³-hybridized carbons (Fsp3) is 0.409. The Morgan fingerprint density at radius 2 is 1.97 bits per heavy atom. The predicted octanol–water partition coefficient (Wildman–Crippen LogP) is 4.47. The van der Waals surface area contributed by atoms with Crippen LogP contribution in [0.2, 0.25) is 0 Å². The summed E-state index contributed by atoms with van der Waals surface area (Å²) in [4.78, 5) is 32.7. The molecule has 3 aromatic rings. The molecule has 2 aromatic heterocycles. The number of thioether (sulfide) groups is 1. The smallest absolute Gasteiger partial charge is 0.267 e. The lowest BCUT2D eigenvalue weighted by Crippen LogP contribution is -2.36. The van der Waals surface area contributed by atoms with Gasteiger partial charge in [-0.05, 0) is 64.2 Å². The second-order valence-electron chi connectivity index (χ2n) is 7.80. The number of nitrogens with one attached hydrogen (secondary N) is 1. The zero-order chi connectivity index (χ0) is 21.4. The van der Waals surface area contributed by atoms with E-state index in [2.05, 4.69) is 5.32 Å². The van der Waals surface area contributed by atoms with E-state index in [-0.39, 0.29) is 23.2 Å². The van der Waals surface area contributed by atoms with Crippen LogP contribution in [0.25, 0.3) is 15.9 Å². The van der Waals surface area contributed by atoms with Gasteiger partial charge in [0, 0.05) is 10.9 Å². The summed E-state index contributed by atoms with van der Waals surface area (Å²) in [6, 6.07) is 6.20. The van der Waals surface area contributed by atoms with Crippen molar-refractivity contribution < 1.29 is 9.18 Å². The molecular formula is C22H24FN3O2S2. The highest BCUT2D eigenvalue weighted by molar-refractivity contribution is 8.00. The predicted molar refractivity (Wildman–Crippen MR) is 120 cm³/mol. The van der Waals surface area contributed by atoms with Crippen LogP contribution in [0.4, 0.5) is 4.39 Å². The fourth-order valence-corrected chi connectivity index (χ4v) is 5.96. The molecule has 1 N–H and O–H groups in total. The number of benzene rings is 1. The van der Waals surface area contributed by atoms with E-state index in [0.717, 1.165) is 31.2 Å². The monoisotopic (exact) mass is 445 g/mol. The molecule has 2 heterocycles. The summed E-state index contributed by atoms with van der Waals surface area (Å²) >= 11 is 2.73. The Kier molecular flexibility index (Phi) is 5.97. The first kappa shape index (κ1) is 21.1. The number of amides is 1. The minimum Gasteiger partial charge on any atom is -0.353 e. The van der Waals surface area contributed by atoms with E-state index in [9.17, 15) is 14.0 Å². The molecule has 1 aliphatic rings. The highest BCUT2D eigenvalue weighted by Gasteiger charge is 2.26. The average Bonchev–Trinajstić information content (AvgIpc) is 3.07. The number of hydrogen-bond donors (Lipinski definition) is 1. The van der Waals surface area contributed by atoms with Gasteiger partial charge in [0.15, 0.2) is 5.16 Å². The molecular weight excluding hydrogens is 421 g/mol. The summed E-state index contributed by atoms with van der Waals surface area (Å²) < 4.78 is 16.0. The zero-order valence-electron chi connectivity index (χ0n) is 17.2. The number of para-hydroxylation sites is 1. The van der Waals surface area contributed by atoms with E-state index >= 15 is 0 Å². The van der Waals surface area contributed by atoms with Crippen molar-refractivity contribution >= 4 is 39.2 Å². The minimum absolute atomic E-state index is 0.00812. The van der Waals surface area contributed by atoms with Crippen LogP contribution >= 0.6 is 23.1 Å². The largest absolute Gasteiger partial charge is 0.353 e. The zero-order valence-corrected chi connectivity index (χ0v) is 18.8. The third-order valence-electron chi connectivity index (χ3n) is 5.13. The molecule has 0 spiro atoms. The molecule has 1 aliphatic carbocycles. The number of aromatic nitrogens is 2. The van der Waals surface area contributed by atoms with Crippen LogP contribution in [0.15, 0.2) is 34.2 Å². The van der Waals surface area contributed by atoms with Crippen molar-refractivity contribution in [3.8, 4) is 5.69 Å². The highest BCUT2D eigenvalue weighted by atomic mass is 32.2. The van der Waals surface area contributed by atoms with Crippen LogP contribution in [-0.4, -0.2) is 26.8 Å². The van der Waals surface area contributed by atoms with E-state index in [0.29, 0.717) is 15.4 Å². The molecule has 0 fully saturated rings. The van der Waals surface area contributed by atoms with Gasteiger partial charge in [-0.2, -0.15) is 0 Å².